The van der Waals surface area contributed by atoms with Crippen molar-refractivity contribution in [2.75, 3.05) is 0 Å². The first-order valence-electron chi connectivity index (χ1n) is 4.83. The van der Waals surface area contributed by atoms with Crippen LogP contribution in [0, 0.1) is 6.92 Å². The van der Waals surface area contributed by atoms with Crippen LogP contribution in [-0.4, -0.2) is 9.59 Å². The third-order valence-electron chi connectivity index (χ3n) is 2.38. The maximum absolute atomic E-state index is 6.15. The Labute approximate surface area is 113 Å². The van der Waals surface area contributed by atoms with Gasteiger partial charge in [0.2, 0.25) is 0 Å². The molecule has 0 spiro atoms. The molecule has 0 radical (unpaired) electrons. The van der Waals surface area contributed by atoms with Gasteiger partial charge in [0.1, 0.15) is 0 Å². The number of nitrogens with one attached hydrogen (secondary N) is 1. The van der Waals surface area contributed by atoms with E-state index in [0.29, 0.717) is 10.0 Å². The van der Waals surface area contributed by atoms with Gasteiger partial charge in [-0.3, -0.25) is 5.84 Å². The third kappa shape index (κ3) is 2.59. The largest absolute Gasteiger partial charge is 0.271 e. The number of aryl methyl sites for hydroxylation is 1. The fourth-order valence-corrected chi connectivity index (χ4v) is 2.68. The Morgan fingerprint density at radius 3 is 2.76 bits per heavy atom. The van der Waals surface area contributed by atoms with E-state index in [-0.39, 0.29) is 6.04 Å². The minimum Gasteiger partial charge on any atom is -0.271 e. The fourth-order valence-electron chi connectivity index (χ4n) is 1.55. The molecule has 0 aliphatic carbocycles. The Kier molecular flexibility index (Phi) is 3.96. The Morgan fingerprint density at radius 2 is 2.18 bits per heavy atom. The molecule has 3 N–H and O–H groups in total. The summed E-state index contributed by atoms with van der Waals surface area (Å²) in [4.78, 5) is 0.927. The lowest BCUT2D eigenvalue weighted by atomic mass is 10.1. The topological polar surface area (TPSA) is 63.8 Å². The van der Waals surface area contributed by atoms with Crippen LogP contribution in [0.2, 0.25) is 10.0 Å². The van der Waals surface area contributed by atoms with Crippen LogP contribution < -0.4 is 11.3 Å². The average Bonchev–Trinajstić information content (AvgIpc) is 2.71. The van der Waals surface area contributed by atoms with Crippen LogP contribution in [0.4, 0.5) is 0 Å². The van der Waals surface area contributed by atoms with Gasteiger partial charge in [-0.15, -0.1) is 5.10 Å². The van der Waals surface area contributed by atoms with Gasteiger partial charge in [-0.2, -0.15) is 0 Å². The zero-order valence-electron chi connectivity index (χ0n) is 8.95. The van der Waals surface area contributed by atoms with E-state index in [2.05, 4.69) is 15.0 Å². The average molecular weight is 289 g/mol. The number of nitrogens with two attached hydrogens (primary N) is 1. The molecule has 2 rings (SSSR count). The number of halogens is 2. The van der Waals surface area contributed by atoms with E-state index in [4.69, 9.17) is 29.0 Å². The van der Waals surface area contributed by atoms with Gasteiger partial charge in [-0.1, -0.05) is 27.7 Å². The van der Waals surface area contributed by atoms with E-state index >= 15 is 0 Å². The van der Waals surface area contributed by atoms with Crippen LogP contribution >= 0.6 is 34.7 Å². The molecule has 0 fully saturated rings. The zero-order valence-corrected chi connectivity index (χ0v) is 11.3. The summed E-state index contributed by atoms with van der Waals surface area (Å²) in [5.74, 6) is 5.58. The molecular formula is C10H10Cl2N4S. The highest BCUT2D eigenvalue weighted by Crippen LogP contribution is 2.32. The molecule has 17 heavy (non-hydrogen) atoms. The predicted molar refractivity (Wildman–Crippen MR) is 70.3 cm³/mol. The van der Waals surface area contributed by atoms with E-state index in [1.54, 1.807) is 18.2 Å². The predicted octanol–water partition coefficient (Wildman–Crippen LogP) is 2.71. The highest BCUT2D eigenvalue weighted by molar-refractivity contribution is 7.05. The first-order valence-corrected chi connectivity index (χ1v) is 6.36. The van der Waals surface area contributed by atoms with Crippen molar-refractivity contribution in [1.82, 2.24) is 15.0 Å². The van der Waals surface area contributed by atoms with Crippen molar-refractivity contribution in [3.63, 3.8) is 0 Å². The lowest BCUT2D eigenvalue weighted by Crippen LogP contribution is -2.29. The molecule has 0 bridgehead atoms. The molecule has 2 aromatic rings. The van der Waals surface area contributed by atoms with E-state index in [1.807, 2.05) is 6.92 Å². The van der Waals surface area contributed by atoms with E-state index in [9.17, 15) is 0 Å². The molecule has 1 aromatic carbocycles. The molecule has 0 saturated carbocycles. The first kappa shape index (κ1) is 12.7. The van der Waals surface area contributed by atoms with Gasteiger partial charge in [-0.25, -0.2) is 5.43 Å². The van der Waals surface area contributed by atoms with Gasteiger partial charge in [0.25, 0.3) is 0 Å². The molecule has 0 aliphatic heterocycles. The van der Waals surface area contributed by atoms with Gasteiger partial charge in [0.05, 0.1) is 16.6 Å². The van der Waals surface area contributed by atoms with Gasteiger partial charge < -0.3 is 0 Å². The molecule has 0 saturated heterocycles. The molecule has 0 amide bonds. The quantitative estimate of drug-likeness (QED) is 0.673. The van der Waals surface area contributed by atoms with Crippen molar-refractivity contribution in [3.8, 4) is 0 Å². The second kappa shape index (κ2) is 5.29. The summed E-state index contributed by atoms with van der Waals surface area (Å²) in [6.07, 6.45) is 0. The maximum atomic E-state index is 6.15. The summed E-state index contributed by atoms with van der Waals surface area (Å²) in [6.45, 7) is 1.88. The van der Waals surface area contributed by atoms with Gasteiger partial charge in [0.15, 0.2) is 0 Å². The number of nitrogens with zero attached hydrogens (tertiary/aromatic N) is 2. The number of hydrazine groups is 1. The Hall–Kier alpha value is -0.720. The second-order valence-corrected chi connectivity index (χ2v) is 5.12. The van der Waals surface area contributed by atoms with Crippen molar-refractivity contribution >= 4 is 34.7 Å². The van der Waals surface area contributed by atoms with E-state index < -0.39 is 0 Å². The van der Waals surface area contributed by atoms with Crippen molar-refractivity contribution in [2.45, 2.75) is 13.0 Å². The Morgan fingerprint density at radius 1 is 1.41 bits per heavy atom. The number of hydrogen-bond acceptors (Lipinski definition) is 5. The van der Waals surface area contributed by atoms with Gasteiger partial charge >= 0.3 is 0 Å². The summed E-state index contributed by atoms with van der Waals surface area (Å²) < 4.78 is 3.89. The smallest absolute Gasteiger partial charge is 0.0852 e. The number of hydrogen-bond donors (Lipinski definition) is 2. The highest BCUT2D eigenvalue weighted by Gasteiger charge is 2.20. The molecule has 90 valence electrons. The first-order chi connectivity index (χ1) is 8.13. The lowest BCUT2D eigenvalue weighted by molar-refractivity contribution is 0.642. The molecule has 1 unspecified atom stereocenters. The van der Waals surface area contributed by atoms with Gasteiger partial charge in [-0.05, 0) is 42.2 Å². The van der Waals surface area contributed by atoms with Crippen molar-refractivity contribution in [1.29, 1.82) is 0 Å². The number of benzene rings is 1. The minimum absolute atomic E-state index is 0.249. The van der Waals surface area contributed by atoms with Crippen molar-refractivity contribution in [2.24, 2.45) is 5.84 Å². The van der Waals surface area contributed by atoms with E-state index in [0.717, 1.165) is 16.1 Å². The Balaban J connectivity index is 2.49. The molecule has 1 aromatic heterocycles. The number of aromatic nitrogens is 2. The third-order valence-corrected chi connectivity index (χ3v) is 3.85. The summed E-state index contributed by atoms with van der Waals surface area (Å²) in [5, 5.41) is 5.17. The SMILES string of the molecule is Cc1nnsc1C(NN)c1cc(Cl)ccc1Cl. The molecule has 0 aliphatic rings. The Bertz CT molecular complexity index is 529. The van der Waals surface area contributed by atoms with Crippen LogP contribution in [0.5, 0.6) is 0 Å². The van der Waals surface area contributed by atoms with Crippen molar-refractivity contribution < 1.29 is 0 Å². The number of rotatable bonds is 3. The van der Waals surface area contributed by atoms with E-state index in [1.165, 1.54) is 11.5 Å². The van der Waals surface area contributed by atoms with Crippen LogP contribution in [0.3, 0.4) is 0 Å². The summed E-state index contributed by atoms with van der Waals surface area (Å²) in [5.41, 5.74) is 4.36. The maximum Gasteiger partial charge on any atom is 0.0852 e. The summed E-state index contributed by atoms with van der Waals surface area (Å²) in [7, 11) is 0. The minimum atomic E-state index is -0.249. The summed E-state index contributed by atoms with van der Waals surface area (Å²) >= 11 is 13.4. The monoisotopic (exact) mass is 288 g/mol. The van der Waals surface area contributed by atoms with Crippen LogP contribution in [0.15, 0.2) is 18.2 Å². The van der Waals surface area contributed by atoms with Crippen molar-refractivity contribution in [3.05, 3.63) is 44.4 Å². The molecule has 4 nitrogen and oxygen atoms in total. The normalized spacial score (nSPS) is 12.7. The molecule has 1 heterocycles. The van der Waals surface area contributed by atoms with Crippen LogP contribution in [0.1, 0.15) is 22.2 Å². The van der Waals surface area contributed by atoms with Crippen LogP contribution in [0.25, 0.3) is 0 Å². The van der Waals surface area contributed by atoms with Gasteiger partial charge in [0, 0.05) is 10.0 Å². The zero-order chi connectivity index (χ0) is 12.4. The standard InChI is InChI=1S/C10H10Cl2N4S/c1-5-10(17-16-15-5)9(14-13)7-4-6(11)2-3-8(7)12/h2-4,9,14H,13H2,1H3. The van der Waals surface area contributed by atoms with Crippen LogP contribution in [-0.2, 0) is 0 Å². The molecular weight excluding hydrogens is 279 g/mol. The highest BCUT2D eigenvalue weighted by atomic mass is 35.5. The molecule has 1 atom stereocenters. The second-order valence-electron chi connectivity index (χ2n) is 3.49. The fraction of sp³-hybridized carbons (Fsp3) is 0.200. The summed E-state index contributed by atoms with van der Waals surface area (Å²) in [6, 6.07) is 5.01. The lowest BCUT2D eigenvalue weighted by Gasteiger charge is -2.16. The molecule has 7 heteroatoms.